The van der Waals surface area contributed by atoms with Gasteiger partial charge in [-0.25, -0.2) is 0 Å². The molecule has 19 heavy (non-hydrogen) atoms. The van der Waals surface area contributed by atoms with Gasteiger partial charge in [0.2, 0.25) is 0 Å². The molecular formula is C15H16ClNO2. The Kier molecular flexibility index (Phi) is 4.30. The first kappa shape index (κ1) is 13.7. The van der Waals surface area contributed by atoms with Crippen LogP contribution in [0, 0.1) is 0 Å². The summed E-state index contributed by atoms with van der Waals surface area (Å²) in [4.78, 5) is 0. The largest absolute Gasteiger partial charge is 0.508 e. The van der Waals surface area contributed by atoms with E-state index in [-0.39, 0.29) is 17.5 Å². The van der Waals surface area contributed by atoms with E-state index in [1.165, 1.54) is 6.07 Å². The number of phenolic OH excluding ortho intramolecular Hbond substituents is 2. The lowest BCUT2D eigenvalue weighted by Crippen LogP contribution is -2.17. The molecule has 0 spiro atoms. The van der Waals surface area contributed by atoms with Crippen LogP contribution in [0.1, 0.15) is 24.1 Å². The first-order chi connectivity index (χ1) is 9.04. The third-order valence-electron chi connectivity index (χ3n) is 2.93. The van der Waals surface area contributed by atoms with Crippen LogP contribution in [-0.4, -0.2) is 10.2 Å². The quantitative estimate of drug-likeness (QED) is 0.800. The normalized spacial score (nSPS) is 12.3. The molecule has 0 bridgehead atoms. The Labute approximate surface area is 117 Å². The molecule has 0 aromatic heterocycles. The molecule has 100 valence electrons. The molecule has 2 rings (SSSR count). The molecule has 1 atom stereocenters. The van der Waals surface area contributed by atoms with Crippen LogP contribution in [0.15, 0.2) is 42.5 Å². The Balaban J connectivity index is 2.03. The molecule has 0 heterocycles. The Morgan fingerprint density at radius 1 is 1.11 bits per heavy atom. The van der Waals surface area contributed by atoms with Gasteiger partial charge in [-0.15, -0.1) is 0 Å². The van der Waals surface area contributed by atoms with E-state index >= 15 is 0 Å². The summed E-state index contributed by atoms with van der Waals surface area (Å²) in [5.41, 5.74) is 1.92. The van der Waals surface area contributed by atoms with E-state index in [2.05, 4.69) is 5.32 Å². The van der Waals surface area contributed by atoms with E-state index < -0.39 is 0 Å². The molecule has 0 saturated carbocycles. The molecule has 2 aromatic carbocycles. The maximum absolute atomic E-state index is 9.46. The molecule has 0 saturated heterocycles. The summed E-state index contributed by atoms with van der Waals surface area (Å²) in [7, 11) is 0. The summed E-state index contributed by atoms with van der Waals surface area (Å²) in [6, 6.07) is 12.2. The molecule has 0 aliphatic rings. The number of aromatic hydroxyl groups is 2. The molecule has 0 aliphatic carbocycles. The van der Waals surface area contributed by atoms with Crippen LogP contribution in [0.25, 0.3) is 0 Å². The van der Waals surface area contributed by atoms with Crippen molar-refractivity contribution >= 4 is 11.6 Å². The van der Waals surface area contributed by atoms with Crippen LogP contribution < -0.4 is 5.32 Å². The summed E-state index contributed by atoms with van der Waals surface area (Å²) in [5, 5.41) is 22.9. The number of hydrogen-bond donors (Lipinski definition) is 3. The van der Waals surface area contributed by atoms with Gasteiger partial charge in [0.15, 0.2) is 0 Å². The molecule has 3 nitrogen and oxygen atoms in total. The predicted octanol–water partition coefficient (Wildman–Crippen LogP) is 3.60. The van der Waals surface area contributed by atoms with Gasteiger partial charge in [0.1, 0.15) is 11.5 Å². The lowest BCUT2D eigenvalue weighted by atomic mass is 10.1. The molecule has 4 heteroatoms. The minimum absolute atomic E-state index is 0.0111. The SMILES string of the molecule is CC(NCc1cccc(Cl)c1)c1cc(O)cc(O)c1. The van der Waals surface area contributed by atoms with E-state index in [4.69, 9.17) is 11.6 Å². The lowest BCUT2D eigenvalue weighted by molar-refractivity contribution is 0.446. The minimum Gasteiger partial charge on any atom is -0.508 e. The average Bonchev–Trinajstić information content (AvgIpc) is 2.35. The highest BCUT2D eigenvalue weighted by Crippen LogP contribution is 2.25. The van der Waals surface area contributed by atoms with Crippen LogP contribution in [0.5, 0.6) is 11.5 Å². The fourth-order valence-corrected chi connectivity index (χ4v) is 2.12. The van der Waals surface area contributed by atoms with E-state index in [9.17, 15) is 10.2 Å². The van der Waals surface area contributed by atoms with Crippen LogP contribution >= 0.6 is 11.6 Å². The van der Waals surface area contributed by atoms with Gasteiger partial charge in [-0.05, 0) is 42.3 Å². The highest BCUT2D eigenvalue weighted by atomic mass is 35.5. The number of hydrogen-bond acceptors (Lipinski definition) is 3. The van der Waals surface area contributed by atoms with Crippen LogP contribution in [0.2, 0.25) is 5.02 Å². The van der Waals surface area contributed by atoms with Crippen LogP contribution in [0.4, 0.5) is 0 Å². The third kappa shape index (κ3) is 3.88. The number of benzene rings is 2. The van der Waals surface area contributed by atoms with Crippen molar-refractivity contribution in [1.29, 1.82) is 0 Å². The van der Waals surface area contributed by atoms with Crippen molar-refractivity contribution in [1.82, 2.24) is 5.32 Å². The molecule has 0 radical (unpaired) electrons. The van der Waals surface area contributed by atoms with Crippen molar-refractivity contribution in [3.05, 3.63) is 58.6 Å². The maximum atomic E-state index is 9.46. The molecule has 1 unspecified atom stereocenters. The number of nitrogens with one attached hydrogen (secondary N) is 1. The van der Waals surface area contributed by atoms with Crippen molar-refractivity contribution in [2.45, 2.75) is 19.5 Å². The van der Waals surface area contributed by atoms with E-state index in [1.807, 2.05) is 31.2 Å². The maximum Gasteiger partial charge on any atom is 0.119 e. The topological polar surface area (TPSA) is 52.5 Å². The zero-order valence-electron chi connectivity index (χ0n) is 10.6. The molecule has 0 aliphatic heterocycles. The van der Waals surface area contributed by atoms with E-state index in [0.717, 1.165) is 11.1 Å². The standard InChI is InChI=1S/C15H16ClNO2/c1-10(12-6-14(18)8-15(19)7-12)17-9-11-3-2-4-13(16)5-11/h2-8,10,17-19H,9H2,1H3. The first-order valence-corrected chi connectivity index (χ1v) is 6.43. The van der Waals surface area contributed by atoms with Gasteiger partial charge in [0.25, 0.3) is 0 Å². The summed E-state index contributed by atoms with van der Waals surface area (Å²) in [5.74, 6) is 0.123. The van der Waals surface area contributed by atoms with Gasteiger partial charge >= 0.3 is 0 Å². The summed E-state index contributed by atoms with van der Waals surface area (Å²) in [6.45, 7) is 2.64. The monoisotopic (exact) mass is 277 g/mol. The van der Waals surface area contributed by atoms with E-state index in [1.54, 1.807) is 12.1 Å². The number of halogens is 1. The van der Waals surface area contributed by atoms with Crippen molar-refractivity contribution in [2.75, 3.05) is 0 Å². The number of phenols is 2. The summed E-state index contributed by atoms with van der Waals surface area (Å²) in [6.07, 6.45) is 0. The van der Waals surface area contributed by atoms with Crippen LogP contribution in [0.3, 0.4) is 0 Å². The zero-order valence-corrected chi connectivity index (χ0v) is 11.4. The fraction of sp³-hybridized carbons (Fsp3) is 0.200. The molecule has 0 amide bonds. The molecule has 0 fully saturated rings. The number of rotatable bonds is 4. The van der Waals surface area contributed by atoms with Gasteiger partial charge in [0.05, 0.1) is 0 Å². The van der Waals surface area contributed by atoms with Crippen LogP contribution in [-0.2, 0) is 6.54 Å². The van der Waals surface area contributed by atoms with Crippen molar-refractivity contribution in [2.24, 2.45) is 0 Å². The van der Waals surface area contributed by atoms with Gasteiger partial charge in [-0.2, -0.15) is 0 Å². The van der Waals surface area contributed by atoms with Gasteiger partial charge in [0, 0.05) is 23.7 Å². The second-order valence-corrected chi connectivity index (χ2v) is 4.95. The van der Waals surface area contributed by atoms with Crippen molar-refractivity contribution in [3.63, 3.8) is 0 Å². The smallest absolute Gasteiger partial charge is 0.119 e. The van der Waals surface area contributed by atoms with Gasteiger partial charge in [-0.3, -0.25) is 0 Å². The lowest BCUT2D eigenvalue weighted by Gasteiger charge is -2.15. The summed E-state index contributed by atoms with van der Waals surface area (Å²) >= 11 is 5.92. The third-order valence-corrected chi connectivity index (χ3v) is 3.16. The fourth-order valence-electron chi connectivity index (χ4n) is 1.90. The zero-order chi connectivity index (χ0) is 13.8. The Morgan fingerprint density at radius 2 is 1.79 bits per heavy atom. The molecular weight excluding hydrogens is 262 g/mol. The minimum atomic E-state index is 0.0111. The Morgan fingerprint density at radius 3 is 2.42 bits per heavy atom. The molecule has 3 N–H and O–H groups in total. The first-order valence-electron chi connectivity index (χ1n) is 6.05. The second-order valence-electron chi connectivity index (χ2n) is 4.52. The molecule has 2 aromatic rings. The van der Waals surface area contributed by atoms with E-state index in [0.29, 0.717) is 11.6 Å². The Bertz CT molecular complexity index is 552. The van der Waals surface area contributed by atoms with Gasteiger partial charge in [-0.1, -0.05) is 23.7 Å². The predicted molar refractivity (Wildman–Crippen MR) is 76.5 cm³/mol. The highest BCUT2D eigenvalue weighted by Gasteiger charge is 2.07. The Hall–Kier alpha value is -1.71. The van der Waals surface area contributed by atoms with Crippen molar-refractivity contribution < 1.29 is 10.2 Å². The summed E-state index contributed by atoms with van der Waals surface area (Å²) < 4.78 is 0. The van der Waals surface area contributed by atoms with Gasteiger partial charge < -0.3 is 15.5 Å². The van der Waals surface area contributed by atoms with Crippen molar-refractivity contribution in [3.8, 4) is 11.5 Å². The highest BCUT2D eigenvalue weighted by molar-refractivity contribution is 6.30. The average molecular weight is 278 g/mol. The second kappa shape index (κ2) is 5.95.